The van der Waals surface area contributed by atoms with Crippen LogP contribution in [-0.2, 0) is 12.8 Å². The molecule has 1 heteroatoms. The van der Waals surface area contributed by atoms with Gasteiger partial charge in [0, 0.05) is 6.04 Å². The lowest BCUT2D eigenvalue weighted by molar-refractivity contribution is 0.150. The Morgan fingerprint density at radius 2 is 1.69 bits per heavy atom. The fourth-order valence-electron chi connectivity index (χ4n) is 3.27. The first kappa shape index (κ1) is 10.3. The van der Waals surface area contributed by atoms with Gasteiger partial charge in [-0.15, -0.1) is 0 Å². The van der Waals surface area contributed by atoms with Gasteiger partial charge in [0.1, 0.15) is 0 Å². The summed E-state index contributed by atoms with van der Waals surface area (Å²) in [6.45, 7) is 2.68. The molecule has 0 N–H and O–H groups in total. The predicted octanol–water partition coefficient (Wildman–Crippen LogP) is 3.03. The molecular formula is C15H21N. The summed E-state index contributed by atoms with van der Waals surface area (Å²) >= 11 is 0. The summed E-state index contributed by atoms with van der Waals surface area (Å²) in [5.74, 6) is 0. The smallest absolute Gasteiger partial charge is 0.0139 e. The van der Waals surface area contributed by atoms with Gasteiger partial charge in [-0.05, 0) is 56.3 Å². The quantitative estimate of drug-likeness (QED) is 0.696. The Hall–Kier alpha value is -0.820. The van der Waals surface area contributed by atoms with Gasteiger partial charge >= 0.3 is 0 Å². The van der Waals surface area contributed by atoms with Crippen molar-refractivity contribution in [3.8, 4) is 0 Å². The van der Waals surface area contributed by atoms with Gasteiger partial charge in [-0.25, -0.2) is 0 Å². The summed E-state index contributed by atoms with van der Waals surface area (Å²) in [4.78, 5) is 2.74. The number of nitrogens with zero attached hydrogens (tertiary/aromatic N) is 1. The zero-order valence-electron chi connectivity index (χ0n) is 9.99. The number of aryl methyl sites for hydroxylation is 1. The van der Waals surface area contributed by atoms with Crippen LogP contribution in [0.4, 0.5) is 0 Å². The van der Waals surface area contributed by atoms with E-state index in [1.165, 1.54) is 51.6 Å². The van der Waals surface area contributed by atoms with Crippen LogP contribution in [0.25, 0.3) is 0 Å². The van der Waals surface area contributed by atoms with Crippen molar-refractivity contribution in [2.75, 3.05) is 13.1 Å². The van der Waals surface area contributed by atoms with Crippen LogP contribution in [0, 0.1) is 0 Å². The number of piperidine rings is 1. The molecule has 1 heterocycles. The van der Waals surface area contributed by atoms with Crippen LogP contribution in [0.15, 0.2) is 24.3 Å². The lowest BCUT2D eigenvalue weighted by atomic mass is 9.87. The van der Waals surface area contributed by atoms with Crippen molar-refractivity contribution < 1.29 is 0 Å². The Bertz CT molecular complexity index is 352. The number of hydrogen-bond donors (Lipinski definition) is 0. The second kappa shape index (κ2) is 4.58. The van der Waals surface area contributed by atoms with E-state index in [2.05, 4.69) is 29.2 Å². The fourth-order valence-corrected chi connectivity index (χ4v) is 3.27. The second-order valence-electron chi connectivity index (χ2n) is 5.26. The van der Waals surface area contributed by atoms with E-state index in [-0.39, 0.29) is 0 Å². The Labute approximate surface area is 98.5 Å². The maximum atomic E-state index is 2.74. The molecule has 0 aromatic heterocycles. The summed E-state index contributed by atoms with van der Waals surface area (Å²) in [6.07, 6.45) is 8.22. The molecule has 1 aromatic carbocycles. The molecule has 0 amide bonds. The molecule has 3 rings (SSSR count). The summed E-state index contributed by atoms with van der Waals surface area (Å²) in [5, 5.41) is 0. The highest BCUT2D eigenvalue weighted by atomic mass is 15.2. The highest BCUT2D eigenvalue weighted by molar-refractivity contribution is 5.30. The Balaban J connectivity index is 1.72. The maximum absolute atomic E-state index is 2.74. The van der Waals surface area contributed by atoms with Crippen molar-refractivity contribution >= 4 is 0 Å². The highest BCUT2D eigenvalue weighted by Crippen LogP contribution is 2.26. The molecule has 86 valence electrons. The average Bonchev–Trinajstić information content (AvgIpc) is 2.39. The van der Waals surface area contributed by atoms with Crippen LogP contribution in [0.2, 0.25) is 0 Å². The van der Waals surface area contributed by atoms with Crippen molar-refractivity contribution in [3.05, 3.63) is 35.4 Å². The molecule has 0 spiro atoms. The maximum Gasteiger partial charge on any atom is 0.0139 e. The van der Waals surface area contributed by atoms with Crippen LogP contribution >= 0.6 is 0 Å². The van der Waals surface area contributed by atoms with Crippen molar-refractivity contribution in [1.29, 1.82) is 0 Å². The zero-order valence-corrected chi connectivity index (χ0v) is 9.99. The van der Waals surface area contributed by atoms with Crippen molar-refractivity contribution in [3.63, 3.8) is 0 Å². The van der Waals surface area contributed by atoms with Gasteiger partial charge in [-0.1, -0.05) is 30.7 Å². The first-order valence-corrected chi connectivity index (χ1v) is 6.74. The SMILES string of the molecule is c1ccc2c(c1)CC[C@H](N1CCCCC1)C2. The molecule has 0 bridgehead atoms. The fraction of sp³-hybridized carbons (Fsp3) is 0.600. The minimum Gasteiger partial charge on any atom is -0.300 e. The molecule has 16 heavy (non-hydrogen) atoms. The van der Waals surface area contributed by atoms with Gasteiger partial charge in [0.05, 0.1) is 0 Å². The first-order chi connectivity index (χ1) is 7.93. The van der Waals surface area contributed by atoms with Gasteiger partial charge in [0.2, 0.25) is 0 Å². The van der Waals surface area contributed by atoms with Crippen molar-refractivity contribution in [1.82, 2.24) is 4.90 Å². The number of rotatable bonds is 1. The summed E-state index contributed by atoms with van der Waals surface area (Å²) in [6, 6.07) is 9.83. The van der Waals surface area contributed by atoms with Gasteiger partial charge in [0.15, 0.2) is 0 Å². The van der Waals surface area contributed by atoms with Crippen LogP contribution in [0.1, 0.15) is 36.8 Å². The highest BCUT2D eigenvalue weighted by Gasteiger charge is 2.24. The topological polar surface area (TPSA) is 3.24 Å². The standard InChI is InChI=1S/C15H21N/c1-4-10-16(11-5-1)15-9-8-13-6-2-3-7-14(13)12-15/h2-3,6-7,15H,1,4-5,8-12H2/t15-/m0/s1. The molecule has 1 fully saturated rings. The molecule has 0 radical (unpaired) electrons. The van der Waals surface area contributed by atoms with Crippen LogP contribution < -0.4 is 0 Å². The number of likely N-dealkylation sites (tertiary alicyclic amines) is 1. The predicted molar refractivity (Wildman–Crippen MR) is 67.7 cm³/mol. The third kappa shape index (κ3) is 2.01. The molecule has 1 saturated heterocycles. The normalized spacial score (nSPS) is 26.4. The Kier molecular flexibility index (Phi) is 2.96. The van der Waals surface area contributed by atoms with E-state index in [9.17, 15) is 0 Å². The van der Waals surface area contributed by atoms with Gasteiger partial charge < -0.3 is 4.90 Å². The number of benzene rings is 1. The molecule has 2 aliphatic rings. The summed E-state index contributed by atoms with van der Waals surface area (Å²) < 4.78 is 0. The van der Waals surface area contributed by atoms with Crippen LogP contribution in [0.3, 0.4) is 0 Å². The van der Waals surface area contributed by atoms with Crippen LogP contribution in [0.5, 0.6) is 0 Å². The third-order valence-corrected chi connectivity index (χ3v) is 4.23. The molecule has 1 aliphatic heterocycles. The summed E-state index contributed by atoms with van der Waals surface area (Å²) in [7, 11) is 0. The lowest BCUT2D eigenvalue weighted by Gasteiger charge is -2.37. The summed E-state index contributed by atoms with van der Waals surface area (Å²) in [5.41, 5.74) is 3.19. The molecule has 1 nitrogen and oxygen atoms in total. The molecule has 0 unspecified atom stereocenters. The van der Waals surface area contributed by atoms with E-state index >= 15 is 0 Å². The average molecular weight is 215 g/mol. The van der Waals surface area contributed by atoms with E-state index in [1.807, 2.05) is 0 Å². The molecular weight excluding hydrogens is 194 g/mol. The van der Waals surface area contributed by atoms with Crippen molar-refractivity contribution in [2.45, 2.75) is 44.6 Å². The van der Waals surface area contributed by atoms with E-state index in [1.54, 1.807) is 11.1 Å². The molecule has 0 saturated carbocycles. The van der Waals surface area contributed by atoms with Gasteiger partial charge in [0.25, 0.3) is 0 Å². The number of fused-ring (bicyclic) bond motifs is 1. The minimum atomic E-state index is 0.829. The van der Waals surface area contributed by atoms with Crippen molar-refractivity contribution in [2.24, 2.45) is 0 Å². The Morgan fingerprint density at radius 3 is 2.50 bits per heavy atom. The van der Waals surface area contributed by atoms with E-state index in [0.29, 0.717) is 0 Å². The molecule has 1 aromatic rings. The zero-order chi connectivity index (χ0) is 10.8. The third-order valence-electron chi connectivity index (χ3n) is 4.23. The molecule has 1 atom stereocenters. The number of hydrogen-bond acceptors (Lipinski definition) is 1. The van der Waals surface area contributed by atoms with E-state index in [4.69, 9.17) is 0 Å². The van der Waals surface area contributed by atoms with E-state index in [0.717, 1.165) is 6.04 Å². The minimum absolute atomic E-state index is 0.829. The first-order valence-electron chi connectivity index (χ1n) is 6.74. The van der Waals surface area contributed by atoms with Crippen LogP contribution in [-0.4, -0.2) is 24.0 Å². The monoisotopic (exact) mass is 215 g/mol. The van der Waals surface area contributed by atoms with E-state index < -0.39 is 0 Å². The largest absolute Gasteiger partial charge is 0.300 e. The van der Waals surface area contributed by atoms with Gasteiger partial charge in [-0.2, -0.15) is 0 Å². The Morgan fingerprint density at radius 1 is 0.938 bits per heavy atom. The lowest BCUT2D eigenvalue weighted by Crippen LogP contribution is -2.42. The van der Waals surface area contributed by atoms with Gasteiger partial charge in [-0.3, -0.25) is 0 Å². The second-order valence-corrected chi connectivity index (χ2v) is 5.26. The molecule has 1 aliphatic carbocycles.